The normalized spacial score (nSPS) is 9.80. The number of aryl methyl sites for hydroxylation is 1. The van der Waals surface area contributed by atoms with Gasteiger partial charge in [-0.1, -0.05) is 11.8 Å². The first-order chi connectivity index (χ1) is 4.74. The van der Waals surface area contributed by atoms with Crippen LogP contribution in [0.15, 0.2) is 12.1 Å². The summed E-state index contributed by atoms with van der Waals surface area (Å²) in [6.45, 7) is 2.00. The first-order valence-electron chi connectivity index (χ1n) is 2.89. The number of thioether (sulfide) groups is 1. The maximum absolute atomic E-state index is 11.0. The van der Waals surface area contributed by atoms with Crippen LogP contribution < -0.4 is 0 Å². The van der Waals surface area contributed by atoms with Crippen molar-refractivity contribution in [2.45, 2.75) is 6.92 Å². The fourth-order valence-corrected chi connectivity index (χ4v) is 1.99. The van der Waals surface area contributed by atoms with Crippen LogP contribution in [0.2, 0.25) is 0 Å². The number of hydrogen-bond acceptors (Lipinski definition) is 3. The molecular formula is C7H8OS2. The topological polar surface area (TPSA) is 17.1 Å². The van der Waals surface area contributed by atoms with E-state index in [0.29, 0.717) is 0 Å². The molecule has 1 aromatic heterocycles. The Labute approximate surface area is 68.5 Å². The van der Waals surface area contributed by atoms with Gasteiger partial charge in [-0.05, 0) is 25.3 Å². The van der Waals surface area contributed by atoms with E-state index in [-0.39, 0.29) is 5.12 Å². The Kier molecular flexibility index (Phi) is 2.51. The zero-order chi connectivity index (χ0) is 7.56. The van der Waals surface area contributed by atoms with Crippen LogP contribution in [0.5, 0.6) is 0 Å². The second-order valence-electron chi connectivity index (χ2n) is 1.90. The van der Waals surface area contributed by atoms with Gasteiger partial charge >= 0.3 is 0 Å². The Hall–Kier alpha value is -0.280. The first kappa shape index (κ1) is 7.82. The standard InChI is InChI=1S/C7H8OS2/c1-5-3-4-6(10-5)7(8)9-2/h3-4H,1-2H3. The molecule has 0 spiro atoms. The average Bonchev–Trinajstić information content (AvgIpc) is 2.34. The van der Waals surface area contributed by atoms with E-state index in [4.69, 9.17) is 0 Å². The minimum absolute atomic E-state index is 0.165. The van der Waals surface area contributed by atoms with Crippen molar-refractivity contribution >= 4 is 28.2 Å². The first-order valence-corrected chi connectivity index (χ1v) is 4.93. The zero-order valence-corrected chi connectivity index (χ0v) is 7.51. The lowest BCUT2D eigenvalue weighted by Gasteiger charge is -1.86. The van der Waals surface area contributed by atoms with Gasteiger partial charge in [-0.3, -0.25) is 4.79 Å². The van der Waals surface area contributed by atoms with Crippen LogP contribution in [0.4, 0.5) is 0 Å². The Balaban J connectivity index is 2.85. The summed E-state index contributed by atoms with van der Waals surface area (Å²) in [5.74, 6) is 0. The van der Waals surface area contributed by atoms with Gasteiger partial charge in [0.15, 0.2) is 0 Å². The lowest BCUT2D eigenvalue weighted by Crippen LogP contribution is -1.84. The Morgan fingerprint density at radius 1 is 1.60 bits per heavy atom. The van der Waals surface area contributed by atoms with E-state index in [1.54, 1.807) is 17.6 Å². The van der Waals surface area contributed by atoms with Gasteiger partial charge in [-0.2, -0.15) is 0 Å². The lowest BCUT2D eigenvalue weighted by molar-refractivity contribution is 0.109. The fourth-order valence-electron chi connectivity index (χ4n) is 0.645. The quantitative estimate of drug-likeness (QED) is 0.647. The number of carbonyl (C=O) groups is 1. The van der Waals surface area contributed by atoms with Crippen molar-refractivity contribution in [3.8, 4) is 0 Å². The number of hydrogen-bond donors (Lipinski definition) is 0. The van der Waals surface area contributed by atoms with Gasteiger partial charge in [0.05, 0.1) is 4.88 Å². The van der Waals surface area contributed by atoms with Crippen LogP contribution >= 0.6 is 23.1 Å². The predicted octanol–water partition coefficient (Wildman–Crippen LogP) is 2.56. The highest BCUT2D eigenvalue weighted by atomic mass is 32.2. The van der Waals surface area contributed by atoms with E-state index in [1.807, 2.05) is 19.1 Å². The van der Waals surface area contributed by atoms with Crippen molar-refractivity contribution in [3.63, 3.8) is 0 Å². The summed E-state index contributed by atoms with van der Waals surface area (Å²) < 4.78 is 0. The molecule has 0 atom stereocenters. The van der Waals surface area contributed by atoms with Crippen LogP contribution in [-0.2, 0) is 0 Å². The maximum atomic E-state index is 11.0. The van der Waals surface area contributed by atoms with Gasteiger partial charge in [0.25, 0.3) is 0 Å². The van der Waals surface area contributed by atoms with Gasteiger partial charge < -0.3 is 0 Å². The van der Waals surface area contributed by atoms with Gasteiger partial charge in [0.2, 0.25) is 5.12 Å². The van der Waals surface area contributed by atoms with Gasteiger partial charge in [0, 0.05) is 4.88 Å². The summed E-state index contributed by atoms with van der Waals surface area (Å²) in [7, 11) is 0. The lowest BCUT2D eigenvalue weighted by atomic mass is 10.4. The summed E-state index contributed by atoms with van der Waals surface area (Å²) in [6.07, 6.45) is 1.80. The molecule has 1 rings (SSSR count). The maximum Gasteiger partial charge on any atom is 0.229 e. The molecule has 1 nitrogen and oxygen atoms in total. The van der Waals surface area contributed by atoms with Crippen molar-refractivity contribution in [2.24, 2.45) is 0 Å². The number of rotatable bonds is 1. The summed E-state index contributed by atoms with van der Waals surface area (Å²) >= 11 is 2.81. The molecule has 0 aliphatic heterocycles. The van der Waals surface area contributed by atoms with Crippen LogP contribution in [0.3, 0.4) is 0 Å². The van der Waals surface area contributed by atoms with Crippen LogP contribution in [0.25, 0.3) is 0 Å². The molecule has 3 heteroatoms. The second kappa shape index (κ2) is 3.21. The fraction of sp³-hybridized carbons (Fsp3) is 0.286. The van der Waals surface area contributed by atoms with E-state index in [0.717, 1.165) is 4.88 Å². The minimum Gasteiger partial charge on any atom is -0.281 e. The highest BCUT2D eigenvalue weighted by molar-refractivity contribution is 8.13. The molecule has 0 saturated heterocycles. The molecule has 0 bridgehead atoms. The minimum atomic E-state index is 0.165. The van der Waals surface area contributed by atoms with E-state index in [2.05, 4.69) is 0 Å². The Morgan fingerprint density at radius 2 is 2.30 bits per heavy atom. The summed E-state index contributed by atoms with van der Waals surface area (Å²) in [6, 6.07) is 3.84. The third-order valence-electron chi connectivity index (χ3n) is 1.13. The number of carbonyl (C=O) groups excluding carboxylic acids is 1. The Morgan fingerprint density at radius 3 is 2.70 bits per heavy atom. The van der Waals surface area contributed by atoms with Crippen molar-refractivity contribution in [1.29, 1.82) is 0 Å². The molecule has 0 N–H and O–H groups in total. The van der Waals surface area contributed by atoms with Crippen molar-refractivity contribution in [3.05, 3.63) is 21.9 Å². The van der Waals surface area contributed by atoms with Gasteiger partial charge in [0.1, 0.15) is 0 Å². The Bertz CT molecular complexity index is 240. The molecule has 0 aliphatic carbocycles. The molecule has 0 fully saturated rings. The molecule has 0 radical (unpaired) electrons. The molecule has 0 aromatic carbocycles. The third-order valence-corrected chi connectivity index (χ3v) is 2.85. The van der Waals surface area contributed by atoms with E-state index >= 15 is 0 Å². The van der Waals surface area contributed by atoms with E-state index in [9.17, 15) is 4.79 Å². The summed E-state index contributed by atoms with van der Waals surface area (Å²) in [5.41, 5.74) is 0. The smallest absolute Gasteiger partial charge is 0.229 e. The number of thiophene rings is 1. The highest BCUT2D eigenvalue weighted by Crippen LogP contribution is 2.19. The van der Waals surface area contributed by atoms with Crippen LogP contribution in [0.1, 0.15) is 14.5 Å². The molecule has 1 aromatic rings. The summed E-state index contributed by atoms with van der Waals surface area (Å²) in [5, 5.41) is 0.165. The highest BCUT2D eigenvalue weighted by Gasteiger charge is 2.04. The van der Waals surface area contributed by atoms with Crippen molar-refractivity contribution in [2.75, 3.05) is 6.26 Å². The second-order valence-corrected chi connectivity index (χ2v) is 3.97. The van der Waals surface area contributed by atoms with Crippen molar-refractivity contribution in [1.82, 2.24) is 0 Å². The predicted molar refractivity (Wildman–Crippen MR) is 46.9 cm³/mol. The molecule has 0 amide bonds. The third kappa shape index (κ3) is 1.61. The van der Waals surface area contributed by atoms with Crippen LogP contribution in [0, 0.1) is 6.92 Å². The van der Waals surface area contributed by atoms with E-state index in [1.165, 1.54) is 16.6 Å². The summed E-state index contributed by atoms with van der Waals surface area (Å²) in [4.78, 5) is 13.0. The molecule has 10 heavy (non-hydrogen) atoms. The van der Waals surface area contributed by atoms with E-state index < -0.39 is 0 Å². The molecule has 54 valence electrons. The average molecular weight is 172 g/mol. The van der Waals surface area contributed by atoms with Crippen molar-refractivity contribution < 1.29 is 4.79 Å². The molecule has 0 aliphatic rings. The molecule has 1 heterocycles. The molecular weight excluding hydrogens is 164 g/mol. The van der Waals surface area contributed by atoms with Gasteiger partial charge in [-0.15, -0.1) is 11.3 Å². The SMILES string of the molecule is CSC(=O)c1ccc(C)s1. The van der Waals surface area contributed by atoms with Gasteiger partial charge in [-0.25, -0.2) is 0 Å². The molecule has 0 saturated carbocycles. The molecule has 0 unspecified atom stereocenters. The largest absolute Gasteiger partial charge is 0.281 e. The monoisotopic (exact) mass is 172 g/mol. The zero-order valence-electron chi connectivity index (χ0n) is 5.88. The van der Waals surface area contributed by atoms with Crippen LogP contribution in [-0.4, -0.2) is 11.4 Å².